The molecule has 0 bridgehead atoms. The Bertz CT molecular complexity index is 1280. The van der Waals surface area contributed by atoms with E-state index in [0.717, 1.165) is 24.0 Å². The van der Waals surface area contributed by atoms with E-state index < -0.39 is 6.10 Å². The van der Waals surface area contributed by atoms with Crippen LogP contribution in [0.1, 0.15) is 91.2 Å². The number of hydrogen-bond donors (Lipinski definition) is 0. The number of benzene rings is 1. The van der Waals surface area contributed by atoms with Crippen molar-refractivity contribution in [3.8, 4) is 11.8 Å². The molecule has 3 aliphatic rings. The van der Waals surface area contributed by atoms with Crippen molar-refractivity contribution in [3.05, 3.63) is 59.5 Å². The van der Waals surface area contributed by atoms with Crippen molar-refractivity contribution in [3.63, 3.8) is 0 Å². The maximum absolute atomic E-state index is 14.5. The van der Waals surface area contributed by atoms with E-state index in [-0.39, 0.29) is 17.1 Å². The third-order valence-electron chi connectivity index (χ3n) is 11.3. The fourth-order valence-electron chi connectivity index (χ4n) is 9.16. The van der Waals surface area contributed by atoms with Gasteiger partial charge in [0.25, 0.3) is 5.91 Å². The largest absolute Gasteiger partial charge is 0.371 e. The zero-order valence-electron chi connectivity index (χ0n) is 27.3. The third-order valence-corrected chi connectivity index (χ3v) is 11.3. The zero-order chi connectivity index (χ0) is 30.9. The van der Waals surface area contributed by atoms with Crippen LogP contribution in [-0.2, 0) is 9.53 Å². The monoisotopic (exact) mass is 586 g/mol. The summed E-state index contributed by atoms with van der Waals surface area (Å²) in [6.07, 6.45) is 8.58. The lowest BCUT2D eigenvalue weighted by Gasteiger charge is -2.56. The molecule has 5 heteroatoms. The molecule has 5 rings (SSSR count). The molecular weight excluding hydrogens is 535 g/mol. The number of hydrogen-bond acceptors (Lipinski definition) is 3. The molecule has 7 unspecified atom stereocenters. The number of halogens is 1. The molecule has 4 nitrogen and oxygen atoms in total. The molecule has 232 valence electrons. The maximum Gasteiger partial charge on any atom is 0.257 e. The Morgan fingerprint density at radius 3 is 1.88 bits per heavy atom. The molecule has 2 saturated carbocycles. The fourth-order valence-corrected chi connectivity index (χ4v) is 9.16. The first-order valence-electron chi connectivity index (χ1n) is 16.6. The summed E-state index contributed by atoms with van der Waals surface area (Å²) >= 11 is 0. The molecule has 0 spiro atoms. The average molecular weight is 587 g/mol. The number of amides is 1. The number of rotatable bonds is 6. The molecule has 0 radical (unpaired) electrons. The van der Waals surface area contributed by atoms with Gasteiger partial charge >= 0.3 is 0 Å². The van der Waals surface area contributed by atoms with E-state index >= 15 is 0 Å². The summed E-state index contributed by atoms with van der Waals surface area (Å²) in [5.74, 6) is 11.1. The molecule has 1 aliphatic heterocycles. The lowest BCUT2D eigenvalue weighted by molar-refractivity contribution is -0.150. The van der Waals surface area contributed by atoms with Crippen LogP contribution >= 0.6 is 0 Å². The molecule has 0 N–H and O–H groups in total. The highest BCUT2D eigenvalue weighted by Crippen LogP contribution is 2.61. The van der Waals surface area contributed by atoms with Crippen molar-refractivity contribution in [2.75, 3.05) is 18.6 Å². The predicted molar refractivity (Wildman–Crippen MR) is 172 cm³/mol. The first-order chi connectivity index (χ1) is 20.5. The number of anilines is 1. The molecule has 7 atom stereocenters. The Balaban J connectivity index is 1.55. The van der Waals surface area contributed by atoms with Crippen molar-refractivity contribution >= 4 is 11.7 Å². The molecule has 2 heterocycles. The van der Waals surface area contributed by atoms with Gasteiger partial charge < -0.3 is 4.74 Å². The van der Waals surface area contributed by atoms with Gasteiger partial charge in [0.15, 0.2) is 0 Å². The van der Waals surface area contributed by atoms with Crippen LogP contribution in [0.2, 0.25) is 0 Å². The SMILES string of the molecule is COC1C(=O)N(c2ccc(C#Cc3ccc(F)cc3)cn2)CC1(C1CC(C)CCC1C(C)C)C1CC(C)CCC1C(C)C. The second-order valence-corrected chi connectivity index (χ2v) is 14.7. The summed E-state index contributed by atoms with van der Waals surface area (Å²) in [5, 5.41) is 0. The topological polar surface area (TPSA) is 42.4 Å². The van der Waals surface area contributed by atoms with Crippen molar-refractivity contribution < 1.29 is 13.9 Å². The maximum atomic E-state index is 14.5. The molecule has 1 amide bonds. The number of methoxy groups -OCH3 is 1. The van der Waals surface area contributed by atoms with Crippen LogP contribution in [-0.4, -0.2) is 30.6 Å². The second-order valence-electron chi connectivity index (χ2n) is 14.7. The van der Waals surface area contributed by atoms with E-state index in [9.17, 15) is 9.18 Å². The minimum atomic E-state index is -0.472. The molecule has 1 saturated heterocycles. The van der Waals surface area contributed by atoms with E-state index in [1.807, 2.05) is 17.0 Å². The number of carbonyl (C=O) groups excluding carboxylic acids is 1. The fraction of sp³-hybridized carbons (Fsp3) is 0.632. The summed E-state index contributed by atoms with van der Waals surface area (Å²) in [5.41, 5.74) is 1.24. The van der Waals surface area contributed by atoms with Crippen LogP contribution in [0.25, 0.3) is 0 Å². The van der Waals surface area contributed by atoms with Gasteiger partial charge in [0.2, 0.25) is 0 Å². The number of ether oxygens (including phenoxy) is 1. The number of pyridine rings is 1. The zero-order valence-corrected chi connectivity index (χ0v) is 27.3. The normalized spacial score (nSPS) is 33.1. The van der Waals surface area contributed by atoms with E-state index in [2.05, 4.69) is 53.4 Å². The van der Waals surface area contributed by atoms with Gasteiger partial charge in [-0.15, -0.1) is 0 Å². The molecule has 2 aliphatic carbocycles. The van der Waals surface area contributed by atoms with Crippen molar-refractivity contribution in [1.29, 1.82) is 0 Å². The molecule has 43 heavy (non-hydrogen) atoms. The van der Waals surface area contributed by atoms with Crippen LogP contribution in [0.15, 0.2) is 42.6 Å². The molecule has 3 fully saturated rings. The van der Waals surface area contributed by atoms with E-state index in [1.165, 1.54) is 37.8 Å². The van der Waals surface area contributed by atoms with Gasteiger partial charge in [-0.2, -0.15) is 0 Å². The van der Waals surface area contributed by atoms with E-state index in [4.69, 9.17) is 9.72 Å². The summed E-state index contributed by atoms with van der Waals surface area (Å²) in [7, 11) is 1.76. The van der Waals surface area contributed by atoms with E-state index in [0.29, 0.717) is 59.7 Å². The summed E-state index contributed by atoms with van der Waals surface area (Å²) < 4.78 is 19.7. The number of nitrogens with zero attached hydrogens (tertiary/aromatic N) is 2. The van der Waals surface area contributed by atoms with Gasteiger partial charge in [-0.25, -0.2) is 9.37 Å². The Kier molecular flexibility index (Phi) is 9.67. The van der Waals surface area contributed by atoms with Crippen molar-refractivity contribution in [2.24, 2.45) is 52.8 Å². The van der Waals surface area contributed by atoms with Gasteiger partial charge in [-0.3, -0.25) is 9.69 Å². The third kappa shape index (κ3) is 6.28. The van der Waals surface area contributed by atoms with Gasteiger partial charge in [0.1, 0.15) is 17.7 Å². The van der Waals surface area contributed by atoms with Gasteiger partial charge in [0.05, 0.1) is 0 Å². The Labute approximate surface area is 259 Å². The Morgan fingerprint density at radius 2 is 1.40 bits per heavy atom. The Morgan fingerprint density at radius 1 is 0.860 bits per heavy atom. The van der Waals surface area contributed by atoms with Gasteiger partial charge in [-0.05, 0) is 109 Å². The summed E-state index contributed by atoms with van der Waals surface area (Å²) in [4.78, 5) is 21.2. The van der Waals surface area contributed by atoms with Crippen LogP contribution in [0.5, 0.6) is 0 Å². The van der Waals surface area contributed by atoms with Crippen LogP contribution in [0.4, 0.5) is 10.2 Å². The highest BCUT2D eigenvalue weighted by molar-refractivity contribution is 5.99. The second kappa shape index (κ2) is 13.1. The summed E-state index contributed by atoms with van der Waals surface area (Å²) in [6, 6.07) is 10.0. The van der Waals surface area contributed by atoms with Gasteiger partial charge in [-0.1, -0.05) is 66.2 Å². The summed E-state index contributed by atoms with van der Waals surface area (Å²) in [6.45, 7) is 15.0. The quantitative estimate of drug-likeness (QED) is 0.319. The minimum Gasteiger partial charge on any atom is -0.371 e. The number of aromatic nitrogens is 1. The standard InChI is InChI=1S/C38H51FN2O2/c1-24(2)31-17-8-26(5)20-33(31)38(34-21-27(6)9-18-32(34)25(3)4)23-41(37(42)36(38)43-7)35-19-14-29(22-40-35)11-10-28-12-15-30(39)16-13-28/h12-16,19,22,24-27,31-34,36H,8-9,17-18,20-21,23H2,1-7H3. The Hall–Kier alpha value is -2.71. The van der Waals surface area contributed by atoms with Gasteiger partial charge in [0, 0.05) is 36.4 Å². The van der Waals surface area contributed by atoms with Crippen LogP contribution < -0.4 is 4.90 Å². The van der Waals surface area contributed by atoms with E-state index in [1.54, 1.807) is 25.4 Å². The van der Waals surface area contributed by atoms with Crippen LogP contribution in [0, 0.1) is 70.4 Å². The predicted octanol–water partition coefficient (Wildman–Crippen LogP) is 8.39. The first kappa shape index (κ1) is 31.7. The lowest BCUT2D eigenvalue weighted by atomic mass is 9.48. The first-order valence-corrected chi connectivity index (χ1v) is 16.6. The smallest absolute Gasteiger partial charge is 0.257 e. The lowest BCUT2D eigenvalue weighted by Crippen LogP contribution is -2.56. The molecular formula is C38H51FN2O2. The highest BCUT2D eigenvalue weighted by Gasteiger charge is 2.64. The van der Waals surface area contributed by atoms with Crippen molar-refractivity contribution in [1.82, 2.24) is 4.98 Å². The molecule has 1 aromatic carbocycles. The highest BCUT2D eigenvalue weighted by atomic mass is 19.1. The number of carbonyl (C=O) groups is 1. The molecule has 2 aromatic rings. The van der Waals surface area contributed by atoms with Crippen molar-refractivity contribution in [2.45, 2.75) is 86.2 Å². The van der Waals surface area contributed by atoms with Crippen LogP contribution in [0.3, 0.4) is 0 Å². The molecule has 1 aromatic heterocycles. The minimum absolute atomic E-state index is 0.0570. The average Bonchev–Trinajstić information content (AvgIpc) is 3.29.